The summed E-state index contributed by atoms with van der Waals surface area (Å²) in [6, 6.07) is 14.2. The molecule has 2 aromatic carbocycles. The van der Waals surface area contributed by atoms with E-state index in [1.165, 1.54) is 5.56 Å². The van der Waals surface area contributed by atoms with E-state index in [-0.39, 0.29) is 12.5 Å². The highest BCUT2D eigenvalue weighted by Gasteiger charge is 2.16. The van der Waals surface area contributed by atoms with Gasteiger partial charge in [0.1, 0.15) is 5.82 Å². The number of rotatable bonds is 4. The Bertz CT molecular complexity index is 878. The first kappa shape index (κ1) is 15.3. The number of hydrogen-bond donors (Lipinski definition) is 1. The highest BCUT2D eigenvalue weighted by molar-refractivity contribution is 5.83. The van der Waals surface area contributed by atoms with E-state index < -0.39 is 5.97 Å². The van der Waals surface area contributed by atoms with Crippen LogP contribution in [0.15, 0.2) is 42.5 Å². The number of fused-ring (bicyclic) bond motifs is 1. The number of benzene rings is 2. The minimum Gasteiger partial charge on any atom is -0.481 e. The van der Waals surface area contributed by atoms with E-state index in [1.54, 1.807) is 0 Å². The summed E-state index contributed by atoms with van der Waals surface area (Å²) in [4.78, 5) is 15.7. The number of nitrogens with zero attached hydrogens (tertiary/aromatic N) is 2. The SMILES string of the molecule is Cc1ccccc1-c1nc2cc(CC(=O)O)ccc2n1C(C)C. The van der Waals surface area contributed by atoms with Crippen LogP contribution in [-0.4, -0.2) is 20.6 Å². The zero-order valence-corrected chi connectivity index (χ0v) is 13.6. The van der Waals surface area contributed by atoms with E-state index in [9.17, 15) is 4.79 Å². The fraction of sp³-hybridized carbons (Fsp3) is 0.263. The lowest BCUT2D eigenvalue weighted by molar-refractivity contribution is -0.136. The van der Waals surface area contributed by atoms with Crippen LogP contribution in [0.5, 0.6) is 0 Å². The van der Waals surface area contributed by atoms with Crippen LogP contribution < -0.4 is 0 Å². The zero-order chi connectivity index (χ0) is 16.6. The first-order chi connectivity index (χ1) is 11.0. The van der Waals surface area contributed by atoms with E-state index in [0.29, 0.717) is 0 Å². The maximum Gasteiger partial charge on any atom is 0.307 e. The van der Waals surface area contributed by atoms with Gasteiger partial charge in [-0.05, 0) is 44.0 Å². The molecule has 0 spiro atoms. The molecule has 0 fully saturated rings. The van der Waals surface area contributed by atoms with Crippen molar-refractivity contribution in [2.45, 2.75) is 33.2 Å². The van der Waals surface area contributed by atoms with E-state index >= 15 is 0 Å². The third kappa shape index (κ3) is 2.84. The molecule has 4 nitrogen and oxygen atoms in total. The quantitative estimate of drug-likeness (QED) is 0.785. The molecule has 1 aromatic heterocycles. The second-order valence-electron chi connectivity index (χ2n) is 6.11. The maximum atomic E-state index is 10.9. The van der Waals surface area contributed by atoms with Gasteiger partial charge in [-0.3, -0.25) is 4.79 Å². The number of aromatic nitrogens is 2. The molecule has 0 aliphatic rings. The number of hydrogen-bond acceptors (Lipinski definition) is 2. The lowest BCUT2D eigenvalue weighted by atomic mass is 10.1. The molecule has 23 heavy (non-hydrogen) atoms. The number of carbonyl (C=O) groups is 1. The van der Waals surface area contributed by atoms with Crippen LogP contribution in [-0.2, 0) is 11.2 Å². The van der Waals surface area contributed by atoms with Gasteiger partial charge >= 0.3 is 5.97 Å². The number of imidazole rings is 1. The van der Waals surface area contributed by atoms with Gasteiger partial charge in [-0.15, -0.1) is 0 Å². The van der Waals surface area contributed by atoms with Crippen molar-refractivity contribution in [1.82, 2.24) is 9.55 Å². The van der Waals surface area contributed by atoms with Crippen molar-refractivity contribution in [3.63, 3.8) is 0 Å². The monoisotopic (exact) mass is 308 g/mol. The summed E-state index contributed by atoms with van der Waals surface area (Å²) in [7, 11) is 0. The highest BCUT2D eigenvalue weighted by atomic mass is 16.4. The fourth-order valence-corrected chi connectivity index (χ4v) is 2.97. The molecule has 1 N–H and O–H groups in total. The average molecular weight is 308 g/mol. The molecular weight excluding hydrogens is 288 g/mol. The molecule has 0 aliphatic carbocycles. The van der Waals surface area contributed by atoms with Gasteiger partial charge in [0.25, 0.3) is 0 Å². The van der Waals surface area contributed by atoms with Crippen molar-refractivity contribution in [3.8, 4) is 11.4 Å². The Morgan fingerprint density at radius 1 is 1.22 bits per heavy atom. The van der Waals surface area contributed by atoms with Gasteiger partial charge in [-0.2, -0.15) is 0 Å². The molecule has 0 aliphatic heterocycles. The second kappa shape index (κ2) is 5.88. The summed E-state index contributed by atoms with van der Waals surface area (Å²) < 4.78 is 2.21. The lowest BCUT2D eigenvalue weighted by Gasteiger charge is -2.14. The van der Waals surface area contributed by atoms with E-state index in [4.69, 9.17) is 10.1 Å². The van der Waals surface area contributed by atoms with Gasteiger partial charge in [0.15, 0.2) is 0 Å². The molecule has 0 bridgehead atoms. The Morgan fingerprint density at radius 3 is 2.61 bits per heavy atom. The summed E-state index contributed by atoms with van der Waals surface area (Å²) in [5, 5.41) is 8.98. The topological polar surface area (TPSA) is 55.1 Å². The Balaban J connectivity index is 2.23. The molecule has 0 radical (unpaired) electrons. The first-order valence-electron chi connectivity index (χ1n) is 7.76. The van der Waals surface area contributed by atoms with E-state index in [1.807, 2.05) is 30.3 Å². The normalized spacial score (nSPS) is 11.3. The third-order valence-corrected chi connectivity index (χ3v) is 4.01. The summed E-state index contributed by atoms with van der Waals surface area (Å²) in [5.74, 6) is 0.104. The highest BCUT2D eigenvalue weighted by Crippen LogP contribution is 2.30. The van der Waals surface area contributed by atoms with Crippen LogP contribution >= 0.6 is 0 Å². The van der Waals surface area contributed by atoms with Crippen molar-refractivity contribution in [2.75, 3.05) is 0 Å². The van der Waals surface area contributed by atoms with E-state index in [0.717, 1.165) is 28.0 Å². The van der Waals surface area contributed by atoms with Gasteiger partial charge in [0.2, 0.25) is 0 Å². The summed E-state index contributed by atoms with van der Waals surface area (Å²) >= 11 is 0. The van der Waals surface area contributed by atoms with Crippen molar-refractivity contribution in [2.24, 2.45) is 0 Å². The molecule has 3 aromatic rings. The van der Waals surface area contributed by atoms with Crippen LogP contribution in [0.4, 0.5) is 0 Å². The van der Waals surface area contributed by atoms with E-state index in [2.05, 4.69) is 37.5 Å². The Hall–Kier alpha value is -2.62. The van der Waals surface area contributed by atoms with Gasteiger partial charge in [-0.25, -0.2) is 4.98 Å². The average Bonchev–Trinajstić information content (AvgIpc) is 2.85. The number of aryl methyl sites for hydroxylation is 1. The summed E-state index contributed by atoms with van der Waals surface area (Å²) in [5.41, 5.74) is 4.94. The molecule has 118 valence electrons. The van der Waals surface area contributed by atoms with Crippen molar-refractivity contribution in [1.29, 1.82) is 0 Å². The van der Waals surface area contributed by atoms with Crippen molar-refractivity contribution >= 4 is 17.0 Å². The molecule has 0 saturated carbocycles. The molecule has 0 amide bonds. The van der Waals surface area contributed by atoms with Gasteiger partial charge in [0, 0.05) is 11.6 Å². The standard InChI is InChI=1S/C19H20N2O2/c1-12(2)21-17-9-8-14(11-18(22)23)10-16(17)20-19(21)15-7-5-4-6-13(15)3/h4-10,12H,11H2,1-3H3,(H,22,23). The van der Waals surface area contributed by atoms with Crippen LogP contribution in [0.25, 0.3) is 22.4 Å². The van der Waals surface area contributed by atoms with Crippen LogP contribution in [0, 0.1) is 6.92 Å². The van der Waals surface area contributed by atoms with Crippen molar-refractivity contribution in [3.05, 3.63) is 53.6 Å². The number of aliphatic carboxylic acids is 1. The zero-order valence-electron chi connectivity index (χ0n) is 13.6. The number of carboxylic acid groups (broad SMARTS) is 1. The molecular formula is C19H20N2O2. The van der Waals surface area contributed by atoms with Crippen LogP contribution in [0.1, 0.15) is 31.0 Å². The van der Waals surface area contributed by atoms with Gasteiger partial charge in [0.05, 0.1) is 17.5 Å². The minimum atomic E-state index is -0.827. The molecule has 0 atom stereocenters. The molecule has 0 unspecified atom stereocenters. The van der Waals surface area contributed by atoms with Gasteiger partial charge < -0.3 is 9.67 Å². The Kier molecular flexibility index (Phi) is 3.90. The first-order valence-corrected chi connectivity index (χ1v) is 7.76. The Morgan fingerprint density at radius 2 is 1.96 bits per heavy atom. The fourth-order valence-electron chi connectivity index (χ4n) is 2.97. The predicted molar refractivity (Wildman–Crippen MR) is 91.6 cm³/mol. The largest absolute Gasteiger partial charge is 0.481 e. The molecule has 4 heteroatoms. The predicted octanol–water partition coefficient (Wildman–Crippen LogP) is 4.22. The smallest absolute Gasteiger partial charge is 0.307 e. The van der Waals surface area contributed by atoms with Crippen molar-refractivity contribution < 1.29 is 9.90 Å². The van der Waals surface area contributed by atoms with Crippen LogP contribution in [0.3, 0.4) is 0 Å². The lowest BCUT2D eigenvalue weighted by Crippen LogP contribution is -2.04. The minimum absolute atomic E-state index is 0.0180. The third-order valence-electron chi connectivity index (χ3n) is 4.01. The second-order valence-corrected chi connectivity index (χ2v) is 6.11. The number of carboxylic acids is 1. The van der Waals surface area contributed by atoms with Gasteiger partial charge in [-0.1, -0.05) is 30.3 Å². The molecule has 1 heterocycles. The molecule has 3 rings (SSSR count). The maximum absolute atomic E-state index is 10.9. The summed E-state index contributed by atoms with van der Waals surface area (Å²) in [6.07, 6.45) is 0.0180. The summed E-state index contributed by atoms with van der Waals surface area (Å²) in [6.45, 7) is 6.34. The van der Waals surface area contributed by atoms with Crippen LogP contribution in [0.2, 0.25) is 0 Å². The molecule has 0 saturated heterocycles. The Labute approximate surface area is 135 Å².